The van der Waals surface area contributed by atoms with Gasteiger partial charge in [-0.05, 0) is 25.1 Å². The number of thioether (sulfide) groups is 1. The zero-order chi connectivity index (χ0) is 15.6. The highest BCUT2D eigenvalue weighted by Crippen LogP contribution is 2.29. The Labute approximate surface area is 130 Å². The van der Waals surface area contributed by atoms with Gasteiger partial charge in [-0.15, -0.1) is 11.8 Å². The predicted molar refractivity (Wildman–Crippen MR) is 77.1 cm³/mol. The summed E-state index contributed by atoms with van der Waals surface area (Å²) in [7, 11) is 0. The molecule has 21 heavy (non-hydrogen) atoms. The SMILES string of the molecule is CC1SCC(C(=O)O)N1C(=O)COc1ccc(F)cc1Cl. The first-order valence-corrected chi connectivity index (χ1v) is 7.56. The molecule has 0 saturated carbocycles. The van der Waals surface area contributed by atoms with Crippen molar-refractivity contribution in [1.82, 2.24) is 4.90 Å². The fourth-order valence-corrected chi connectivity index (χ4v) is 3.43. The molecule has 1 fully saturated rings. The molecule has 1 amide bonds. The Balaban J connectivity index is 2.02. The Morgan fingerprint density at radius 2 is 2.29 bits per heavy atom. The number of carbonyl (C=O) groups excluding carboxylic acids is 1. The van der Waals surface area contributed by atoms with Gasteiger partial charge in [-0.25, -0.2) is 9.18 Å². The van der Waals surface area contributed by atoms with E-state index in [0.717, 1.165) is 6.07 Å². The van der Waals surface area contributed by atoms with Crippen molar-refractivity contribution < 1.29 is 23.8 Å². The molecule has 1 heterocycles. The van der Waals surface area contributed by atoms with Crippen LogP contribution in [0.3, 0.4) is 0 Å². The Morgan fingerprint density at radius 1 is 1.57 bits per heavy atom. The maximum absolute atomic E-state index is 12.9. The van der Waals surface area contributed by atoms with Crippen LogP contribution in [0.15, 0.2) is 18.2 Å². The van der Waals surface area contributed by atoms with Gasteiger partial charge in [0.05, 0.1) is 10.4 Å². The minimum absolute atomic E-state index is 0.0569. The first-order valence-electron chi connectivity index (χ1n) is 6.13. The van der Waals surface area contributed by atoms with Crippen LogP contribution in [0.2, 0.25) is 5.02 Å². The third-order valence-corrected chi connectivity index (χ3v) is 4.55. The predicted octanol–water partition coefficient (Wildman–Crippen LogP) is 2.23. The van der Waals surface area contributed by atoms with E-state index in [1.807, 2.05) is 0 Å². The van der Waals surface area contributed by atoms with E-state index >= 15 is 0 Å². The molecule has 0 spiro atoms. The lowest BCUT2D eigenvalue weighted by Crippen LogP contribution is -2.46. The van der Waals surface area contributed by atoms with Gasteiger partial charge in [-0.1, -0.05) is 11.6 Å². The van der Waals surface area contributed by atoms with E-state index in [4.69, 9.17) is 21.4 Å². The monoisotopic (exact) mass is 333 g/mol. The normalized spacial score (nSPS) is 21.4. The first-order chi connectivity index (χ1) is 9.90. The number of carbonyl (C=O) groups is 2. The molecule has 114 valence electrons. The molecule has 2 atom stereocenters. The highest BCUT2D eigenvalue weighted by Gasteiger charge is 2.39. The van der Waals surface area contributed by atoms with Crippen LogP contribution < -0.4 is 4.74 Å². The Kier molecular flexibility index (Phi) is 4.95. The van der Waals surface area contributed by atoms with Gasteiger partial charge in [-0.2, -0.15) is 0 Å². The zero-order valence-corrected chi connectivity index (χ0v) is 12.7. The average Bonchev–Trinajstić information content (AvgIpc) is 2.79. The van der Waals surface area contributed by atoms with E-state index in [1.165, 1.54) is 28.8 Å². The lowest BCUT2D eigenvalue weighted by atomic mass is 10.3. The van der Waals surface area contributed by atoms with Crippen LogP contribution in [0.1, 0.15) is 6.92 Å². The van der Waals surface area contributed by atoms with Crippen molar-refractivity contribution in [2.24, 2.45) is 0 Å². The summed E-state index contributed by atoms with van der Waals surface area (Å²) >= 11 is 7.18. The summed E-state index contributed by atoms with van der Waals surface area (Å²) in [5.41, 5.74) is 0. The molecule has 8 heteroatoms. The number of aliphatic carboxylic acids is 1. The molecule has 1 aromatic rings. The molecule has 1 aliphatic rings. The Bertz CT molecular complexity index is 571. The molecule has 2 rings (SSSR count). The number of rotatable bonds is 4. The number of benzene rings is 1. The van der Waals surface area contributed by atoms with E-state index in [-0.39, 0.29) is 22.8 Å². The smallest absolute Gasteiger partial charge is 0.327 e. The van der Waals surface area contributed by atoms with Crippen LogP contribution >= 0.6 is 23.4 Å². The molecular formula is C13H13ClFNO4S. The standard InChI is InChI=1S/C13H13ClFNO4S/c1-7-16(10(6-21-7)13(18)19)12(17)5-20-11-3-2-8(15)4-9(11)14/h2-4,7,10H,5-6H2,1H3,(H,18,19). The van der Waals surface area contributed by atoms with Gasteiger partial charge < -0.3 is 14.7 Å². The molecule has 2 unspecified atom stereocenters. The molecule has 0 aromatic heterocycles. The number of amides is 1. The molecule has 1 aliphatic heterocycles. The second-order valence-corrected chi connectivity index (χ2v) is 6.21. The topological polar surface area (TPSA) is 66.8 Å². The number of carboxylic acid groups (broad SMARTS) is 1. The fraction of sp³-hybridized carbons (Fsp3) is 0.385. The summed E-state index contributed by atoms with van der Waals surface area (Å²) < 4.78 is 18.2. The van der Waals surface area contributed by atoms with Gasteiger partial charge in [0.25, 0.3) is 5.91 Å². The Hall–Kier alpha value is -1.47. The maximum atomic E-state index is 12.9. The van der Waals surface area contributed by atoms with Gasteiger partial charge in [0.2, 0.25) is 0 Å². The first kappa shape index (κ1) is 15.9. The largest absolute Gasteiger partial charge is 0.482 e. The highest BCUT2D eigenvalue weighted by molar-refractivity contribution is 8.00. The number of carboxylic acids is 1. The van der Waals surface area contributed by atoms with Gasteiger partial charge in [0.1, 0.15) is 17.6 Å². The zero-order valence-electron chi connectivity index (χ0n) is 11.1. The van der Waals surface area contributed by atoms with E-state index < -0.39 is 23.7 Å². The second kappa shape index (κ2) is 6.53. The van der Waals surface area contributed by atoms with Gasteiger partial charge in [0, 0.05) is 5.75 Å². The van der Waals surface area contributed by atoms with E-state index in [0.29, 0.717) is 5.75 Å². The third-order valence-electron chi connectivity index (χ3n) is 3.04. The van der Waals surface area contributed by atoms with Crippen LogP contribution in [-0.4, -0.2) is 45.7 Å². The Morgan fingerprint density at radius 3 is 2.90 bits per heavy atom. The van der Waals surface area contributed by atoms with Crippen molar-refractivity contribution >= 4 is 35.2 Å². The molecule has 0 aliphatic carbocycles. The third kappa shape index (κ3) is 3.59. The minimum atomic E-state index is -1.04. The molecule has 0 radical (unpaired) electrons. The summed E-state index contributed by atoms with van der Waals surface area (Å²) in [6, 6.07) is 2.71. The van der Waals surface area contributed by atoms with Crippen molar-refractivity contribution in [1.29, 1.82) is 0 Å². The highest BCUT2D eigenvalue weighted by atomic mass is 35.5. The van der Waals surface area contributed by atoms with E-state index in [9.17, 15) is 14.0 Å². The summed E-state index contributed by atoms with van der Waals surface area (Å²) in [5, 5.41) is 8.93. The number of nitrogens with zero attached hydrogens (tertiary/aromatic N) is 1. The molecule has 5 nitrogen and oxygen atoms in total. The molecular weight excluding hydrogens is 321 g/mol. The fourth-order valence-electron chi connectivity index (χ4n) is 2.02. The van der Waals surface area contributed by atoms with Crippen molar-refractivity contribution in [3.05, 3.63) is 29.0 Å². The number of hydrogen-bond donors (Lipinski definition) is 1. The van der Waals surface area contributed by atoms with E-state index in [1.54, 1.807) is 6.92 Å². The number of ether oxygens (including phenoxy) is 1. The van der Waals surface area contributed by atoms with Crippen LogP contribution in [0.5, 0.6) is 5.75 Å². The van der Waals surface area contributed by atoms with Crippen molar-refractivity contribution in [2.45, 2.75) is 18.3 Å². The van der Waals surface area contributed by atoms with Crippen molar-refractivity contribution in [3.63, 3.8) is 0 Å². The van der Waals surface area contributed by atoms with Crippen LogP contribution in [0.25, 0.3) is 0 Å². The lowest BCUT2D eigenvalue weighted by molar-refractivity contribution is -0.149. The van der Waals surface area contributed by atoms with Gasteiger partial charge >= 0.3 is 5.97 Å². The summed E-state index contributed by atoms with van der Waals surface area (Å²) in [6.07, 6.45) is 0. The van der Waals surface area contributed by atoms with Gasteiger partial charge in [0.15, 0.2) is 6.61 Å². The summed E-state index contributed by atoms with van der Waals surface area (Å²) in [4.78, 5) is 24.5. The second-order valence-electron chi connectivity index (χ2n) is 4.45. The van der Waals surface area contributed by atoms with Crippen molar-refractivity contribution in [2.75, 3.05) is 12.4 Å². The van der Waals surface area contributed by atoms with E-state index in [2.05, 4.69) is 0 Å². The lowest BCUT2D eigenvalue weighted by Gasteiger charge is -2.25. The average molecular weight is 334 g/mol. The number of halogens is 2. The quantitative estimate of drug-likeness (QED) is 0.915. The van der Waals surface area contributed by atoms with Crippen molar-refractivity contribution in [3.8, 4) is 5.75 Å². The molecule has 0 bridgehead atoms. The summed E-state index contributed by atoms with van der Waals surface area (Å²) in [6.45, 7) is 1.41. The van der Waals surface area contributed by atoms with Crippen LogP contribution in [0, 0.1) is 5.82 Å². The molecule has 1 N–H and O–H groups in total. The molecule has 1 saturated heterocycles. The number of hydrogen-bond acceptors (Lipinski definition) is 4. The van der Waals surface area contributed by atoms with Crippen LogP contribution in [0.4, 0.5) is 4.39 Å². The van der Waals surface area contributed by atoms with Gasteiger partial charge in [-0.3, -0.25) is 4.79 Å². The summed E-state index contributed by atoms with van der Waals surface area (Å²) in [5.74, 6) is -1.47. The molecule has 1 aromatic carbocycles. The maximum Gasteiger partial charge on any atom is 0.327 e. The van der Waals surface area contributed by atoms with Crippen LogP contribution in [-0.2, 0) is 9.59 Å². The minimum Gasteiger partial charge on any atom is -0.482 e.